The number of aryl methyl sites for hydroxylation is 3. The quantitative estimate of drug-likeness (QED) is 0.167. The van der Waals surface area contributed by atoms with E-state index in [0.717, 1.165) is 28.4 Å². The smallest absolute Gasteiger partial charge is 0.136 e. The Morgan fingerprint density at radius 3 is 1.91 bits per heavy atom. The summed E-state index contributed by atoms with van der Waals surface area (Å²) in [5.74, 6) is 0. The van der Waals surface area contributed by atoms with Crippen molar-refractivity contribution in [1.29, 1.82) is 0 Å². The molecule has 0 atom stereocenters. The molecular weight excluding hydrogens is 677 g/mol. The molecule has 1 heteroatoms. The van der Waals surface area contributed by atoms with E-state index in [1.165, 1.54) is 94.6 Å². The van der Waals surface area contributed by atoms with Gasteiger partial charge < -0.3 is 4.42 Å². The second kappa shape index (κ2) is 13.1. The van der Waals surface area contributed by atoms with Gasteiger partial charge in [-0.2, -0.15) is 0 Å². The van der Waals surface area contributed by atoms with Crippen LogP contribution in [0.1, 0.15) is 52.8 Å². The van der Waals surface area contributed by atoms with E-state index in [4.69, 9.17) is 4.42 Å². The topological polar surface area (TPSA) is 13.1 Å². The zero-order valence-corrected chi connectivity index (χ0v) is 32.7. The van der Waals surface area contributed by atoms with Crippen molar-refractivity contribution >= 4 is 21.9 Å². The average Bonchev–Trinajstić information content (AvgIpc) is 3.70. The number of furan rings is 1. The van der Waals surface area contributed by atoms with Crippen molar-refractivity contribution in [3.05, 3.63) is 203 Å². The van der Waals surface area contributed by atoms with Gasteiger partial charge in [-0.05, 0) is 158 Å². The van der Waals surface area contributed by atoms with E-state index >= 15 is 0 Å². The predicted molar refractivity (Wildman–Crippen MR) is 236 cm³/mol. The van der Waals surface area contributed by atoms with E-state index < -0.39 is 0 Å². The summed E-state index contributed by atoms with van der Waals surface area (Å²) in [5.41, 5.74) is 23.7. The van der Waals surface area contributed by atoms with E-state index in [2.05, 4.69) is 198 Å². The molecule has 0 unspecified atom stereocenters. The molecule has 0 fully saturated rings. The van der Waals surface area contributed by atoms with Gasteiger partial charge in [0.1, 0.15) is 11.2 Å². The fraction of sp³-hybridized carbons (Fsp3) is 0.127. The molecule has 1 nitrogen and oxygen atoms in total. The minimum absolute atomic E-state index is 0.0139. The molecule has 1 aliphatic carbocycles. The molecule has 0 N–H and O–H groups in total. The molecule has 0 saturated carbocycles. The molecule has 270 valence electrons. The molecule has 0 spiro atoms. The number of hydrogen-bond donors (Lipinski definition) is 0. The number of fused-ring (bicyclic) bond motifs is 6. The van der Waals surface area contributed by atoms with Gasteiger partial charge in [-0.1, -0.05) is 141 Å². The molecule has 8 aromatic carbocycles. The summed E-state index contributed by atoms with van der Waals surface area (Å²) in [6, 6.07) is 60.4. The van der Waals surface area contributed by atoms with E-state index in [-0.39, 0.29) is 5.41 Å². The Bertz CT molecular complexity index is 2990. The first kappa shape index (κ1) is 34.1. The molecule has 0 saturated heterocycles. The minimum Gasteiger partial charge on any atom is -0.456 e. The van der Waals surface area contributed by atoms with Crippen LogP contribution in [-0.2, 0) is 11.8 Å². The molecule has 1 aromatic heterocycles. The number of hydrogen-bond acceptors (Lipinski definition) is 1. The molecular formula is C55H44O. The van der Waals surface area contributed by atoms with E-state index in [1.807, 2.05) is 0 Å². The highest BCUT2D eigenvalue weighted by Crippen LogP contribution is 2.51. The molecule has 1 aliphatic rings. The fourth-order valence-electron chi connectivity index (χ4n) is 9.32. The maximum Gasteiger partial charge on any atom is 0.136 e. The van der Waals surface area contributed by atoms with Crippen LogP contribution in [0.3, 0.4) is 0 Å². The van der Waals surface area contributed by atoms with Crippen molar-refractivity contribution in [3.63, 3.8) is 0 Å². The van der Waals surface area contributed by atoms with Gasteiger partial charge in [0.25, 0.3) is 0 Å². The number of benzene rings is 8. The minimum atomic E-state index is -0.0139. The molecule has 10 rings (SSSR count). The zero-order chi connectivity index (χ0) is 38.1. The van der Waals surface area contributed by atoms with Crippen LogP contribution in [-0.4, -0.2) is 0 Å². The summed E-state index contributed by atoms with van der Waals surface area (Å²) in [6.07, 6.45) is 0.877. The monoisotopic (exact) mass is 720 g/mol. The SMILES string of the molecule is Cc1ccc(-c2ccc3oc4cccc(-c5ccc(Cc6ccccc6)c(-c6ccccc6C)c5)c4c3c2)cc1-c1cc2c(cc1C)C(C)(C)c1ccccc1-2. The van der Waals surface area contributed by atoms with Crippen molar-refractivity contribution in [3.8, 4) is 55.6 Å². The molecule has 0 aliphatic heterocycles. The maximum atomic E-state index is 6.56. The first-order chi connectivity index (χ1) is 27.2. The van der Waals surface area contributed by atoms with Crippen LogP contribution in [0.15, 0.2) is 168 Å². The lowest BCUT2D eigenvalue weighted by Crippen LogP contribution is -2.15. The van der Waals surface area contributed by atoms with Crippen LogP contribution in [0.5, 0.6) is 0 Å². The Hall–Kier alpha value is -6.44. The summed E-state index contributed by atoms with van der Waals surface area (Å²) in [6.45, 7) is 11.4. The lowest BCUT2D eigenvalue weighted by molar-refractivity contribution is 0.660. The van der Waals surface area contributed by atoms with Crippen molar-refractivity contribution in [2.75, 3.05) is 0 Å². The normalized spacial score (nSPS) is 12.9. The molecule has 0 radical (unpaired) electrons. The second-order valence-electron chi connectivity index (χ2n) is 16.3. The van der Waals surface area contributed by atoms with Crippen molar-refractivity contribution in [2.24, 2.45) is 0 Å². The van der Waals surface area contributed by atoms with E-state index in [0.29, 0.717) is 0 Å². The number of rotatable bonds is 6. The van der Waals surface area contributed by atoms with Crippen molar-refractivity contribution < 1.29 is 4.42 Å². The van der Waals surface area contributed by atoms with E-state index in [1.54, 1.807) is 0 Å². The summed E-state index contributed by atoms with van der Waals surface area (Å²) in [7, 11) is 0. The van der Waals surface area contributed by atoms with Crippen LogP contribution in [0.2, 0.25) is 0 Å². The molecule has 9 aromatic rings. The first-order valence-electron chi connectivity index (χ1n) is 19.8. The van der Waals surface area contributed by atoms with Gasteiger partial charge in [-0.15, -0.1) is 0 Å². The van der Waals surface area contributed by atoms with Crippen LogP contribution >= 0.6 is 0 Å². The Balaban J connectivity index is 1.09. The van der Waals surface area contributed by atoms with Crippen LogP contribution < -0.4 is 0 Å². The third kappa shape index (κ3) is 5.53. The maximum absolute atomic E-state index is 6.56. The fourth-order valence-corrected chi connectivity index (χ4v) is 9.32. The predicted octanol–water partition coefficient (Wildman–Crippen LogP) is 15.1. The van der Waals surface area contributed by atoms with Crippen molar-refractivity contribution in [1.82, 2.24) is 0 Å². The first-order valence-corrected chi connectivity index (χ1v) is 19.8. The second-order valence-corrected chi connectivity index (χ2v) is 16.3. The lowest BCUT2D eigenvalue weighted by Gasteiger charge is -2.22. The van der Waals surface area contributed by atoms with Gasteiger partial charge in [-0.3, -0.25) is 0 Å². The highest BCUT2D eigenvalue weighted by molar-refractivity contribution is 6.13. The summed E-state index contributed by atoms with van der Waals surface area (Å²) < 4.78 is 6.56. The van der Waals surface area contributed by atoms with Gasteiger partial charge in [0, 0.05) is 16.2 Å². The molecule has 56 heavy (non-hydrogen) atoms. The highest BCUT2D eigenvalue weighted by Gasteiger charge is 2.35. The molecule has 0 amide bonds. The third-order valence-corrected chi connectivity index (χ3v) is 12.4. The van der Waals surface area contributed by atoms with Crippen LogP contribution in [0.25, 0.3) is 77.6 Å². The Morgan fingerprint density at radius 1 is 0.411 bits per heavy atom. The lowest BCUT2D eigenvalue weighted by atomic mass is 9.81. The highest BCUT2D eigenvalue weighted by atomic mass is 16.3. The van der Waals surface area contributed by atoms with Gasteiger partial charge >= 0.3 is 0 Å². The summed E-state index contributed by atoms with van der Waals surface area (Å²) in [4.78, 5) is 0. The largest absolute Gasteiger partial charge is 0.456 e. The Morgan fingerprint density at radius 2 is 1.07 bits per heavy atom. The third-order valence-electron chi connectivity index (χ3n) is 12.4. The Labute approximate surface area is 329 Å². The van der Waals surface area contributed by atoms with Crippen LogP contribution in [0, 0.1) is 20.8 Å². The van der Waals surface area contributed by atoms with Gasteiger partial charge in [-0.25, -0.2) is 0 Å². The summed E-state index contributed by atoms with van der Waals surface area (Å²) in [5, 5.41) is 2.28. The molecule has 1 heterocycles. The van der Waals surface area contributed by atoms with Crippen LogP contribution in [0.4, 0.5) is 0 Å². The zero-order valence-electron chi connectivity index (χ0n) is 32.7. The van der Waals surface area contributed by atoms with Crippen molar-refractivity contribution in [2.45, 2.75) is 46.5 Å². The van der Waals surface area contributed by atoms with Gasteiger partial charge in [0.05, 0.1) is 0 Å². The van der Waals surface area contributed by atoms with E-state index in [9.17, 15) is 0 Å². The standard InChI is InChI=1S/C55H44O/c1-34-14-9-10-17-42(34)47-32-41(25-24-40(47)29-37-15-7-6-8-16-37)43-19-13-21-53-54(43)49-31-39(26-27-52(49)56-53)38-23-22-35(2)45(30-38)46-33-48-44-18-11-12-20-50(44)55(4,5)51(48)28-36(46)3/h6-28,30-33H,29H2,1-5H3. The average molecular weight is 721 g/mol. The van der Waals surface area contributed by atoms with Gasteiger partial charge in [0.2, 0.25) is 0 Å². The van der Waals surface area contributed by atoms with Gasteiger partial charge in [0.15, 0.2) is 0 Å². The Kier molecular flexibility index (Phi) is 7.97. The summed E-state index contributed by atoms with van der Waals surface area (Å²) >= 11 is 0. The molecule has 0 bridgehead atoms.